The first-order valence-corrected chi connectivity index (χ1v) is 6.99. The van der Waals surface area contributed by atoms with E-state index in [9.17, 15) is 10.1 Å². The number of carbonyl (C=O) groups is 1. The number of likely N-dealkylation sites (N-methyl/N-ethyl adjacent to an activating group) is 1. The number of nitrogens with zero attached hydrogens (tertiary/aromatic N) is 2. The van der Waals surface area contributed by atoms with Crippen molar-refractivity contribution >= 4 is 5.91 Å². The van der Waals surface area contributed by atoms with Crippen LogP contribution < -0.4 is 0 Å². The Balaban J connectivity index is 1.99. The second kappa shape index (κ2) is 7.06. The maximum Gasteiger partial charge on any atom is 0.244 e. The van der Waals surface area contributed by atoms with Gasteiger partial charge in [-0.3, -0.25) is 4.79 Å². The molecule has 1 amide bonds. The van der Waals surface area contributed by atoms with Gasteiger partial charge in [-0.05, 0) is 24.3 Å². The van der Waals surface area contributed by atoms with Crippen molar-refractivity contribution < 1.29 is 9.53 Å². The summed E-state index contributed by atoms with van der Waals surface area (Å²) in [5, 5.41) is 9.28. The van der Waals surface area contributed by atoms with Crippen LogP contribution >= 0.6 is 0 Å². The Bertz CT molecular complexity index is 475. The predicted octanol–water partition coefficient (Wildman–Crippen LogP) is 2.18. The molecule has 4 nitrogen and oxygen atoms in total. The molecule has 0 radical (unpaired) electrons. The molecule has 1 aromatic carbocycles. The topological polar surface area (TPSA) is 53.3 Å². The Hall–Kier alpha value is -1.86. The smallest absolute Gasteiger partial charge is 0.244 e. The number of benzene rings is 1. The molecule has 1 aliphatic rings. The Labute approximate surface area is 120 Å². The molecule has 106 valence electrons. The minimum atomic E-state index is -0.717. The lowest BCUT2D eigenvalue weighted by atomic mass is 9.97. The van der Waals surface area contributed by atoms with Gasteiger partial charge >= 0.3 is 0 Å². The van der Waals surface area contributed by atoms with E-state index in [1.807, 2.05) is 30.3 Å². The summed E-state index contributed by atoms with van der Waals surface area (Å²) < 4.78 is 5.43. The van der Waals surface area contributed by atoms with E-state index < -0.39 is 5.92 Å². The van der Waals surface area contributed by atoms with Crippen LogP contribution in [0.15, 0.2) is 30.3 Å². The summed E-state index contributed by atoms with van der Waals surface area (Å²) >= 11 is 0. The Morgan fingerprint density at radius 3 is 2.85 bits per heavy atom. The lowest BCUT2D eigenvalue weighted by molar-refractivity contribution is -0.131. The Morgan fingerprint density at radius 1 is 1.50 bits per heavy atom. The molecule has 4 heteroatoms. The first kappa shape index (κ1) is 14.5. The molecule has 0 spiro atoms. The van der Waals surface area contributed by atoms with E-state index in [2.05, 4.69) is 6.07 Å². The van der Waals surface area contributed by atoms with Crippen LogP contribution in [0.2, 0.25) is 0 Å². The summed E-state index contributed by atoms with van der Waals surface area (Å²) in [5.74, 6) is -0.470. The number of ether oxygens (including phenoxy) is 1. The highest BCUT2D eigenvalue weighted by Gasteiger charge is 2.26. The van der Waals surface area contributed by atoms with Gasteiger partial charge < -0.3 is 9.64 Å². The van der Waals surface area contributed by atoms with Crippen molar-refractivity contribution in [2.45, 2.75) is 18.8 Å². The number of nitriles is 1. The number of hydrogen-bond acceptors (Lipinski definition) is 3. The van der Waals surface area contributed by atoms with Gasteiger partial charge in [-0.2, -0.15) is 5.26 Å². The van der Waals surface area contributed by atoms with Crippen LogP contribution in [0.4, 0.5) is 0 Å². The molecule has 0 saturated carbocycles. The van der Waals surface area contributed by atoms with Gasteiger partial charge in [0.25, 0.3) is 0 Å². The molecular formula is C16H20N2O2. The van der Waals surface area contributed by atoms with E-state index in [1.54, 1.807) is 11.9 Å². The van der Waals surface area contributed by atoms with E-state index in [-0.39, 0.29) is 5.91 Å². The minimum Gasteiger partial charge on any atom is -0.381 e. The van der Waals surface area contributed by atoms with Gasteiger partial charge in [-0.15, -0.1) is 0 Å². The van der Waals surface area contributed by atoms with Crippen molar-refractivity contribution in [3.8, 4) is 6.07 Å². The van der Waals surface area contributed by atoms with Crippen molar-refractivity contribution in [2.75, 3.05) is 26.8 Å². The van der Waals surface area contributed by atoms with Crippen LogP contribution in [0.1, 0.15) is 24.3 Å². The predicted molar refractivity (Wildman–Crippen MR) is 76.0 cm³/mol. The van der Waals surface area contributed by atoms with Crippen LogP contribution in [0.3, 0.4) is 0 Å². The molecule has 1 aliphatic heterocycles. The average Bonchev–Trinajstić information content (AvgIpc) is 2.50. The molecule has 20 heavy (non-hydrogen) atoms. The van der Waals surface area contributed by atoms with Crippen LogP contribution in [-0.4, -0.2) is 37.6 Å². The number of amides is 1. The van der Waals surface area contributed by atoms with Gasteiger partial charge in [-0.25, -0.2) is 0 Å². The molecule has 2 atom stereocenters. The molecule has 0 aromatic heterocycles. The molecule has 0 bridgehead atoms. The molecular weight excluding hydrogens is 252 g/mol. The highest BCUT2D eigenvalue weighted by Crippen LogP contribution is 2.20. The van der Waals surface area contributed by atoms with Gasteiger partial charge in [0.2, 0.25) is 5.91 Å². The molecule has 1 fully saturated rings. The van der Waals surface area contributed by atoms with Gasteiger partial charge in [0, 0.05) is 20.2 Å². The highest BCUT2D eigenvalue weighted by molar-refractivity contribution is 5.86. The first-order valence-electron chi connectivity index (χ1n) is 6.99. The summed E-state index contributed by atoms with van der Waals surface area (Å²) in [5.41, 5.74) is 0.756. The quantitative estimate of drug-likeness (QED) is 0.844. The number of hydrogen-bond donors (Lipinski definition) is 0. The van der Waals surface area contributed by atoms with E-state index in [1.165, 1.54) is 0 Å². The molecule has 2 rings (SSSR count). The molecule has 2 unspecified atom stereocenters. The van der Waals surface area contributed by atoms with Crippen molar-refractivity contribution in [1.82, 2.24) is 4.90 Å². The summed E-state index contributed by atoms with van der Waals surface area (Å²) in [7, 11) is 1.77. The zero-order valence-electron chi connectivity index (χ0n) is 11.8. The second-order valence-corrected chi connectivity index (χ2v) is 5.27. The fourth-order valence-corrected chi connectivity index (χ4v) is 2.57. The van der Waals surface area contributed by atoms with Crippen molar-refractivity contribution in [3.05, 3.63) is 35.9 Å². The zero-order chi connectivity index (χ0) is 14.4. The van der Waals surface area contributed by atoms with Crippen LogP contribution in [0.5, 0.6) is 0 Å². The average molecular weight is 272 g/mol. The molecule has 0 aliphatic carbocycles. The SMILES string of the molecule is CN(CC1CCCOC1)C(=O)C(C#N)c1ccccc1. The van der Waals surface area contributed by atoms with Crippen LogP contribution in [0.25, 0.3) is 0 Å². The lowest BCUT2D eigenvalue weighted by Gasteiger charge is -2.28. The third-order valence-corrected chi connectivity index (χ3v) is 3.67. The Kier molecular flexibility index (Phi) is 5.14. The third kappa shape index (κ3) is 3.58. The van der Waals surface area contributed by atoms with Crippen molar-refractivity contribution in [2.24, 2.45) is 5.92 Å². The summed E-state index contributed by atoms with van der Waals surface area (Å²) in [4.78, 5) is 14.1. The summed E-state index contributed by atoms with van der Waals surface area (Å²) in [6.45, 7) is 2.18. The zero-order valence-corrected chi connectivity index (χ0v) is 11.8. The minimum absolute atomic E-state index is 0.135. The van der Waals surface area contributed by atoms with Crippen molar-refractivity contribution in [3.63, 3.8) is 0 Å². The van der Waals surface area contributed by atoms with Crippen molar-refractivity contribution in [1.29, 1.82) is 5.26 Å². The number of rotatable bonds is 4. The highest BCUT2D eigenvalue weighted by atomic mass is 16.5. The van der Waals surface area contributed by atoms with Gasteiger partial charge in [0.05, 0.1) is 12.7 Å². The monoisotopic (exact) mass is 272 g/mol. The van der Waals surface area contributed by atoms with E-state index in [0.717, 1.165) is 25.0 Å². The van der Waals surface area contributed by atoms with Gasteiger partial charge in [0.1, 0.15) is 5.92 Å². The summed E-state index contributed by atoms with van der Waals surface area (Å²) in [6.07, 6.45) is 2.13. The Morgan fingerprint density at radius 2 is 2.25 bits per heavy atom. The van der Waals surface area contributed by atoms with E-state index in [0.29, 0.717) is 19.1 Å². The largest absolute Gasteiger partial charge is 0.381 e. The maximum atomic E-state index is 12.4. The molecule has 1 heterocycles. The second-order valence-electron chi connectivity index (χ2n) is 5.27. The van der Waals surface area contributed by atoms with Crippen LogP contribution in [0, 0.1) is 17.2 Å². The molecule has 1 saturated heterocycles. The van der Waals surface area contributed by atoms with Gasteiger partial charge in [0.15, 0.2) is 0 Å². The molecule has 1 aromatic rings. The first-order chi connectivity index (χ1) is 9.72. The fraction of sp³-hybridized carbons (Fsp3) is 0.500. The number of carbonyl (C=O) groups excluding carboxylic acids is 1. The molecule has 0 N–H and O–H groups in total. The summed E-state index contributed by atoms with van der Waals surface area (Å²) in [6, 6.07) is 11.3. The fourth-order valence-electron chi connectivity index (χ4n) is 2.57. The van der Waals surface area contributed by atoms with E-state index >= 15 is 0 Å². The van der Waals surface area contributed by atoms with Gasteiger partial charge in [-0.1, -0.05) is 30.3 Å². The van der Waals surface area contributed by atoms with E-state index in [4.69, 9.17) is 4.74 Å². The standard InChI is InChI=1S/C16H20N2O2/c1-18(11-13-6-5-9-20-12-13)16(19)15(10-17)14-7-3-2-4-8-14/h2-4,7-8,13,15H,5-6,9,11-12H2,1H3. The van der Waals surface area contributed by atoms with Crippen LogP contribution in [-0.2, 0) is 9.53 Å². The maximum absolute atomic E-state index is 12.4. The normalized spacial score (nSPS) is 19.9. The third-order valence-electron chi connectivity index (χ3n) is 3.67. The lowest BCUT2D eigenvalue weighted by Crippen LogP contribution is -2.37.